The molecule has 1 fully saturated rings. The van der Waals surface area contributed by atoms with Gasteiger partial charge in [-0.1, -0.05) is 20.8 Å². The number of benzene rings is 2. The molecule has 2 heterocycles. The summed E-state index contributed by atoms with van der Waals surface area (Å²) in [6.45, 7) is 14.6. The zero-order valence-corrected chi connectivity index (χ0v) is 21.0. The van der Waals surface area contributed by atoms with Crippen molar-refractivity contribution in [3.05, 3.63) is 57.6 Å². The van der Waals surface area contributed by atoms with Gasteiger partial charge >= 0.3 is 0 Å². The minimum atomic E-state index is -2.00. The van der Waals surface area contributed by atoms with E-state index in [0.717, 1.165) is 0 Å². The minimum Gasteiger partial charge on any atom is -0.544 e. The molecule has 1 amide bonds. The molecule has 2 unspecified atom stereocenters. The van der Waals surface area contributed by atoms with Crippen molar-refractivity contribution >= 4 is 25.6 Å². The van der Waals surface area contributed by atoms with Gasteiger partial charge < -0.3 is 19.2 Å². The number of nitrogens with one attached hydrogen (secondary N) is 1. The van der Waals surface area contributed by atoms with Gasteiger partial charge in [-0.25, -0.2) is 0 Å². The van der Waals surface area contributed by atoms with E-state index < -0.39 is 24.7 Å². The Kier molecular flexibility index (Phi) is 5.33. The van der Waals surface area contributed by atoms with Crippen LogP contribution in [0.15, 0.2) is 36.4 Å². The molecule has 0 bridgehead atoms. The van der Waals surface area contributed by atoms with E-state index in [2.05, 4.69) is 39.2 Å². The number of nitro benzene ring substituents is 1. The number of ether oxygens (including phenoxy) is 2. The van der Waals surface area contributed by atoms with Crippen LogP contribution >= 0.6 is 0 Å². The van der Waals surface area contributed by atoms with E-state index in [-0.39, 0.29) is 28.6 Å². The molecule has 33 heavy (non-hydrogen) atoms. The predicted molar refractivity (Wildman–Crippen MR) is 128 cm³/mol. The van der Waals surface area contributed by atoms with Gasteiger partial charge in [0.2, 0.25) is 8.32 Å². The summed E-state index contributed by atoms with van der Waals surface area (Å²) < 4.78 is 17.9. The summed E-state index contributed by atoms with van der Waals surface area (Å²) in [4.78, 5) is 24.0. The lowest BCUT2D eigenvalue weighted by Crippen LogP contribution is -2.43. The van der Waals surface area contributed by atoms with Crippen molar-refractivity contribution in [2.45, 2.75) is 70.6 Å². The highest BCUT2D eigenvalue weighted by Gasteiger charge is 2.57. The Bertz CT molecular complexity index is 1120. The summed E-state index contributed by atoms with van der Waals surface area (Å²) in [7, 11) is -2.00. The first kappa shape index (κ1) is 23.3. The third-order valence-corrected chi connectivity index (χ3v) is 11.1. The Morgan fingerprint density at radius 3 is 2.39 bits per heavy atom. The molecule has 0 radical (unpaired) electrons. The molecule has 0 spiro atoms. The van der Waals surface area contributed by atoms with Crippen molar-refractivity contribution in [1.29, 1.82) is 0 Å². The van der Waals surface area contributed by atoms with Crippen LogP contribution in [0.5, 0.6) is 11.5 Å². The van der Waals surface area contributed by atoms with Crippen LogP contribution in [0.3, 0.4) is 0 Å². The molecule has 4 rings (SSSR count). The van der Waals surface area contributed by atoms with Gasteiger partial charge in [0.05, 0.1) is 11.0 Å². The van der Waals surface area contributed by atoms with E-state index in [1.165, 1.54) is 6.07 Å². The number of nitrogens with zero attached hydrogens (tertiary/aromatic N) is 1. The van der Waals surface area contributed by atoms with Gasteiger partial charge in [-0.3, -0.25) is 14.9 Å². The fourth-order valence-corrected chi connectivity index (χ4v) is 4.71. The lowest BCUT2D eigenvalue weighted by molar-refractivity contribution is -0.384. The number of carbonyl (C=O) groups is 1. The second-order valence-corrected chi connectivity index (χ2v) is 15.4. The monoisotopic (exact) mass is 470 g/mol. The summed E-state index contributed by atoms with van der Waals surface area (Å²) in [5.74, 6) is 0.674. The van der Waals surface area contributed by atoms with Crippen molar-refractivity contribution < 1.29 is 23.6 Å². The summed E-state index contributed by atoms with van der Waals surface area (Å²) in [6.07, 6.45) is -0.296. The maximum Gasteiger partial charge on any atom is 0.296 e. The summed E-state index contributed by atoms with van der Waals surface area (Å²) in [5, 5.41) is 14.4. The first-order valence-corrected chi connectivity index (χ1v) is 13.9. The highest BCUT2D eigenvalue weighted by atomic mass is 28.4. The zero-order chi connectivity index (χ0) is 24.3. The van der Waals surface area contributed by atoms with Crippen molar-refractivity contribution in [3.8, 4) is 11.5 Å². The van der Waals surface area contributed by atoms with Crippen LogP contribution in [0.4, 0.5) is 11.4 Å². The molecule has 2 atom stereocenters. The van der Waals surface area contributed by atoms with Crippen LogP contribution in [0.25, 0.3) is 0 Å². The van der Waals surface area contributed by atoms with Crippen LogP contribution in [-0.4, -0.2) is 30.9 Å². The Labute approximate surface area is 194 Å². The smallest absolute Gasteiger partial charge is 0.296 e. The van der Waals surface area contributed by atoms with Gasteiger partial charge in [-0.05, 0) is 62.3 Å². The Morgan fingerprint density at radius 2 is 1.82 bits per heavy atom. The minimum absolute atomic E-state index is 0.0532. The average Bonchev–Trinajstić information content (AvgIpc) is 3.49. The largest absolute Gasteiger partial charge is 0.544 e. The van der Waals surface area contributed by atoms with Crippen molar-refractivity contribution in [2.75, 3.05) is 5.32 Å². The maximum atomic E-state index is 12.9. The van der Waals surface area contributed by atoms with Crippen molar-refractivity contribution in [2.24, 2.45) is 0 Å². The number of amides is 1. The van der Waals surface area contributed by atoms with Gasteiger partial charge in [0.1, 0.15) is 35.0 Å². The van der Waals surface area contributed by atoms with Gasteiger partial charge in [-0.2, -0.15) is 0 Å². The summed E-state index contributed by atoms with van der Waals surface area (Å²) >= 11 is 0. The molecule has 0 aliphatic carbocycles. The molecule has 2 aromatic carbocycles. The fourth-order valence-electron chi connectivity index (χ4n) is 3.68. The second-order valence-electron chi connectivity index (χ2n) is 10.7. The first-order chi connectivity index (χ1) is 15.2. The van der Waals surface area contributed by atoms with Crippen LogP contribution in [0, 0.1) is 10.1 Å². The lowest BCUT2D eigenvalue weighted by Gasteiger charge is -2.36. The normalized spacial score (nSPS) is 20.7. The number of rotatable bonds is 5. The van der Waals surface area contributed by atoms with Gasteiger partial charge in [-0.15, -0.1) is 0 Å². The number of fused-ring (bicyclic) bond motifs is 3. The highest BCUT2D eigenvalue weighted by molar-refractivity contribution is 6.74. The average molecular weight is 471 g/mol. The number of epoxide rings is 1. The molecular weight excluding hydrogens is 440 g/mol. The van der Waals surface area contributed by atoms with E-state index in [0.29, 0.717) is 22.6 Å². The first-order valence-electron chi connectivity index (χ1n) is 11.0. The van der Waals surface area contributed by atoms with Crippen LogP contribution in [-0.2, 0) is 4.74 Å². The number of anilines is 1. The van der Waals surface area contributed by atoms with Crippen molar-refractivity contribution in [1.82, 2.24) is 0 Å². The second kappa shape index (κ2) is 7.56. The number of nitro groups is 1. The standard InChI is InChI=1S/C24H30N2O6Si/c1-23(2,3)33(6,7)32-15-10-8-14(9-11-15)22(27)25-17-12-16-19(13-18(17)26(28)29)31-24(4,5)21-20(16)30-21/h8-13,20-21H,1-7H3,(H,25,27). The fraction of sp³-hybridized carbons (Fsp3) is 0.458. The molecule has 2 aromatic rings. The molecule has 8 nitrogen and oxygen atoms in total. The summed E-state index contributed by atoms with van der Waals surface area (Å²) in [6, 6.07) is 9.78. The Morgan fingerprint density at radius 1 is 1.18 bits per heavy atom. The van der Waals surface area contributed by atoms with Gasteiger partial charge in [0.25, 0.3) is 11.6 Å². The van der Waals surface area contributed by atoms with E-state index in [4.69, 9.17) is 13.9 Å². The predicted octanol–water partition coefficient (Wildman–Crippen LogP) is 5.84. The van der Waals surface area contributed by atoms with Crippen molar-refractivity contribution in [3.63, 3.8) is 0 Å². The van der Waals surface area contributed by atoms with E-state index >= 15 is 0 Å². The van der Waals surface area contributed by atoms with Gasteiger partial charge in [0.15, 0.2) is 0 Å². The van der Waals surface area contributed by atoms with E-state index in [1.807, 2.05) is 13.8 Å². The SMILES string of the molecule is CC1(C)Oc2cc([N+](=O)[O-])c(NC(=O)c3ccc(O[Si](C)(C)C(C)(C)C)cc3)cc2C2OC21. The molecular formula is C24H30N2O6Si. The number of hydrogen-bond donors (Lipinski definition) is 1. The number of carbonyl (C=O) groups excluding carboxylic acids is 1. The van der Waals surface area contributed by atoms with Gasteiger partial charge in [0, 0.05) is 11.1 Å². The van der Waals surface area contributed by atoms with E-state index in [9.17, 15) is 14.9 Å². The van der Waals surface area contributed by atoms with E-state index in [1.54, 1.807) is 30.3 Å². The Hall–Kier alpha value is -2.91. The molecule has 176 valence electrons. The Balaban J connectivity index is 1.55. The topological polar surface area (TPSA) is 103 Å². The quantitative estimate of drug-likeness (QED) is 0.255. The third kappa shape index (κ3) is 4.34. The lowest BCUT2D eigenvalue weighted by atomic mass is 9.93. The molecule has 1 saturated heterocycles. The molecule has 0 aromatic heterocycles. The van der Waals surface area contributed by atoms with Crippen LogP contribution < -0.4 is 14.5 Å². The molecule has 1 N–H and O–H groups in total. The highest BCUT2D eigenvalue weighted by Crippen LogP contribution is 2.55. The molecule has 2 aliphatic rings. The summed E-state index contributed by atoms with van der Waals surface area (Å²) in [5.41, 5.74) is 0.406. The number of hydrogen-bond acceptors (Lipinski definition) is 6. The van der Waals surface area contributed by atoms with Crippen LogP contribution in [0.2, 0.25) is 18.1 Å². The molecule has 9 heteroatoms. The molecule has 2 aliphatic heterocycles. The third-order valence-electron chi connectivity index (χ3n) is 6.73. The maximum absolute atomic E-state index is 12.9. The zero-order valence-electron chi connectivity index (χ0n) is 20.0. The molecule has 0 saturated carbocycles. The van der Waals surface area contributed by atoms with Crippen LogP contribution in [0.1, 0.15) is 56.6 Å².